The van der Waals surface area contributed by atoms with Crippen molar-refractivity contribution in [3.05, 3.63) is 41.5 Å². The smallest absolute Gasteiger partial charge is 0.224 e. The number of carbonyl (C=O) groups excluding carboxylic acids is 1. The van der Waals surface area contributed by atoms with E-state index in [1.807, 2.05) is 0 Å². The second kappa shape index (κ2) is 6.93. The minimum atomic E-state index is 0.140. The van der Waals surface area contributed by atoms with Gasteiger partial charge in [0.15, 0.2) is 0 Å². The SMILES string of the molecule is CC(C)c1cccc(C(C)C)c1NC(=O)CC1C=CCC1. The van der Waals surface area contributed by atoms with Gasteiger partial charge in [0.25, 0.3) is 0 Å². The predicted molar refractivity (Wildman–Crippen MR) is 89.7 cm³/mol. The maximum atomic E-state index is 12.4. The molecule has 1 aromatic rings. The monoisotopic (exact) mass is 285 g/mol. The molecule has 0 saturated carbocycles. The number of para-hydroxylation sites is 1. The molecular weight excluding hydrogens is 258 g/mol. The lowest BCUT2D eigenvalue weighted by atomic mass is 9.92. The molecule has 1 unspecified atom stereocenters. The van der Waals surface area contributed by atoms with E-state index < -0.39 is 0 Å². The summed E-state index contributed by atoms with van der Waals surface area (Å²) in [5.74, 6) is 1.37. The minimum Gasteiger partial charge on any atom is -0.326 e. The molecule has 0 aromatic heterocycles. The first-order valence-corrected chi connectivity index (χ1v) is 8.08. The van der Waals surface area contributed by atoms with Crippen molar-refractivity contribution in [3.63, 3.8) is 0 Å². The Morgan fingerprint density at radius 2 is 1.81 bits per heavy atom. The maximum absolute atomic E-state index is 12.4. The van der Waals surface area contributed by atoms with Crippen LogP contribution in [0.5, 0.6) is 0 Å². The number of carbonyl (C=O) groups is 1. The molecular formula is C19H27NO. The molecule has 2 nitrogen and oxygen atoms in total. The number of nitrogens with one attached hydrogen (secondary N) is 1. The Bertz CT molecular complexity index is 502. The van der Waals surface area contributed by atoms with Crippen molar-refractivity contribution in [1.82, 2.24) is 0 Å². The largest absolute Gasteiger partial charge is 0.326 e. The average Bonchev–Trinajstić information content (AvgIpc) is 2.91. The average molecular weight is 285 g/mol. The molecule has 0 fully saturated rings. The summed E-state index contributed by atoms with van der Waals surface area (Å²) in [6.07, 6.45) is 7.17. The minimum absolute atomic E-state index is 0.140. The van der Waals surface area contributed by atoms with Crippen molar-refractivity contribution in [2.24, 2.45) is 5.92 Å². The van der Waals surface area contributed by atoms with Gasteiger partial charge in [0.2, 0.25) is 5.91 Å². The van der Waals surface area contributed by atoms with Crippen molar-refractivity contribution in [1.29, 1.82) is 0 Å². The van der Waals surface area contributed by atoms with Crippen LogP contribution in [0.3, 0.4) is 0 Å². The summed E-state index contributed by atoms with van der Waals surface area (Å²) < 4.78 is 0. The van der Waals surface area contributed by atoms with E-state index in [-0.39, 0.29) is 5.91 Å². The van der Waals surface area contributed by atoms with Crippen LogP contribution in [0.15, 0.2) is 30.4 Å². The van der Waals surface area contributed by atoms with Crippen LogP contribution in [0, 0.1) is 5.92 Å². The third-order valence-corrected chi connectivity index (χ3v) is 4.20. The number of hydrogen-bond donors (Lipinski definition) is 1. The third kappa shape index (κ3) is 3.96. The third-order valence-electron chi connectivity index (χ3n) is 4.20. The molecule has 2 rings (SSSR count). The van der Waals surface area contributed by atoms with Gasteiger partial charge in [0.1, 0.15) is 0 Å². The number of rotatable bonds is 5. The molecule has 1 aliphatic carbocycles. The summed E-state index contributed by atoms with van der Waals surface area (Å²) >= 11 is 0. The van der Waals surface area contributed by atoms with E-state index in [0.29, 0.717) is 24.2 Å². The van der Waals surface area contributed by atoms with E-state index in [1.54, 1.807) is 0 Å². The van der Waals surface area contributed by atoms with Gasteiger partial charge in [-0.1, -0.05) is 58.0 Å². The van der Waals surface area contributed by atoms with Crippen LogP contribution >= 0.6 is 0 Å². The number of benzene rings is 1. The van der Waals surface area contributed by atoms with Gasteiger partial charge in [0, 0.05) is 12.1 Å². The van der Waals surface area contributed by atoms with E-state index in [1.165, 1.54) is 11.1 Å². The first kappa shape index (κ1) is 15.8. The van der Waals surface area contributed by atoms with Crippen molar-refractivity contribution in [2.45, 2.75) is 58.8 Å². The standard InChI is InChI=1S/C19H27NO/c1-13(2)16-10-7-11-17(14(3)4)19(16)20-18(21)12-15-8-5-6-9-15/h5,7-8,10-11,13-15H,6,9,12H2,1-4H3,(H,20,21). The van der Waals surface area contributed by atoms with Gasteiger partial charge in [-0.15, -0.1) is 0 Å². The van der Waals surface area contributed by atoms with Crippen LogP contribution in [0.2, 0.25) is 0 Å². The Morgan fingerprint density at radius 1 is 1.19 bits per heavy atom. The molecule has 0 bridgehead atoms. The highest BCUT2D eigenvalue weighted by molar-refractivity contribution is 5.93. The van der Waals surface area contributed by atoms with Gasteiger partial charge < -0.3 is 5.32 Å². The van der Waals surface area contributed by atoms with E-state index in [9.17, 15) is 4.79 Å². The number of anilines is 1. The Morgan fingerprint density at radius 3 is 2.29 bits per heavy atom. The summed E-state index contributed by atoms with van der Waals surface area (Å²) in [4.78, 5) is 12.4. The lowest BCUT2D eigenvalue weighted by molar-refractivity contribution is -0.116. The summed E-state index contributed by atoms with van der Waals surface area (Å²) in [5.41, 5.74) is 3.50. The van der Waals surface area contributed by atoms with Gasteiger partial charge in [-0.25, -0.2) is 0 Å². The lowest BCUT2D eigenvalue weighted by Crippen LogP contribution is -2.18. The molecule has 0 radical (unpaired) electrons. The molecule has 2 heteroatoms. The van der Waals surface area contributed by atoms with Crippen LogP contribution in [0.1, 0.15) is 69.9 Å². The number of amides is 1. The van der Waals surface area contributed by atoms with Gasteiger partial charge in [-0.3, -0.25) is 4.79 Å². The zero-order valence-corrected chi connectivity index (χ0v) is 13.6. The predicted octanol–water partition coefficient (Wildman–Crippen LogP) is 5.23. The van der Waals surface area contributed by atoms with Crippen LogP contribution < -0.4 is 5.32 Å². The molecule has 1 aromatic carbocycles. The van der Waals surface area contributed by atoms with Crippen LogP contribution in [0.25, 0.3) is 0 Å². The highest BCUT2D eigenvalue weighted by Gasteiger charge is 2.18. The Hall–Kier alpha value is -1.57. The van der Waals surface area contributed by atoms with Crippen LogP contribution in [-0.2, 0) is 4.79 Å². The summed E-state index contributed by atoms with van der Waals surface area (Å²) in [7, 11) is 0. The first-order valence-electron chi connectivity index (χ1n) is 8.08. The highest BCUT2D eigenvalue weighted by atomic mass is 16.1. The second-order valence-electron chi connectivity index (χ2n) is 6.64. The summed E-state index contributed by atoms with van der Waals surface area (Å²) in [6.45, 7) is 8.70. The topological polar surface area (TPSA) is 29.1 Å². The molecule has 21 heavy (non-hydrogen) atoms. The van der Waals surface area contributed by atoms with Gasteiger partial charge in [-0.2, -0.15) is 0 Å². The van der Waals surface area contributed by atoms with Crippen molar-refractivity contribution in [2.75, 3.05) is 5.32 Å². The van der Waals surface area contributed by atoms with Gasteiger partial charge in [-0.05, 0) is 41.7 Å². The second-order valence-corrected chi connectivity index (χ2v) is 6.64. The lowest BCUT2D eigenvalue weighted by Gasteiger charge is -2.20. The van der Waals surface area contributed by atoms with Crippen molar-refractivity contribution >= 4 is 11.6 Å². The molecule has 0 saturated heterocycles. The molecule has 1 amide bonds. The highest BCUT2D eigenvalue weighted by Crippen LogP contribution is 2.33. The molecule has 114 valence electrons. The number of allylic oxidation sites excluding steroid dienone is 2. The van der Waals surface area contributed by atoms with E-state index >= 15 is 0 Å². The van der Waals surface area contributed by atoms with E-state index in [4.69, 9.17) is 0 Å². The zero-order valence-electron chi connectivity index (χ0n) is 13.6. The molecule has 0 heterocycles. The van der Waals surface area contributed by atoms with E-state index in [0.717, 1.165) is 18.5 Å². The van der Waals surface area contributed by atoms with Gasteiger partial charge >= 0.3 is 0 Å². The molecule has 1 N–H and O–H groups in total. The number of hydrogen-bond acceptors (Lipinski definition) is 1. The fraction of sp³-hybridized carbons (Fsp3) is 0.526. The van der Waals surface area contributed by atoms with Crippen molar-refractivity contribution < 1.29 is 4.79 Å². The normalized spacial score (nSPS) is 17.7. The van der Waals surface area contributed by atoms with Crippen LogP contribution in [-0.4, -0.2) is 5.91 Å². The van der Waals surface area contributed by atoms with Crippen LogP contribution in [0.4, 0.5) is 5.69 Å². The van der Waals surface area contributed by atoms with E-state index in [2.05, 4.69) is 63.4 Å². The summed E-state index contributed by atoms with van der Waals surface area (Å²) in [5, 5.41) is 3.20. The first-order chi connectivity index (χ1) is 9.99. The Balaban J connectivity index is 2.20. The molecule has 0 spiro atoms. The molecule has 1 aliphatic rings. The maximum Gasteiger partial charge on any atom is 0.224 e. The molecule has 1 atom stereocenters. The molecule has 0 aliphatic heterocycles. The van der Waals surface area contributed by atoms with Gasteiger partial charge in [0.05, 0.1) is 0 Å². The van der Waals surface area contributed by atoms with Crippen molar-refractivity contribution in [3.8, 4) is 0 Å². The zero-order chi connectivity index (χ0) is 15.4. The Labute approximate surface area is 128 Å². The fourth-order valence-electron chi connectivity index (χ4n) is 2.99. The summed E-state index contributed by atoms with van der Waals surface area (Å²) in [6, 6.07) is 6.35. The quantitative estimate of drug-likeness (QED) is 0.737. The fourth-order valence-corrected chi connectivity index (χ4v) is 2.99. The Kier molecular flexibility index (Phi) is 5.22.